The van der Waals surface area contributed by atoms with Crippen molar-refractivity contribution in [3.05, 3.63) is 0 Å². The second-order valence-electron chi connectivity index (χ2n) is 3.25. The molecule has 0 aromatic heterocycles. The maximum absolute atomic E-state index is 11.7. The number of rotatable bonds is 3. The molecule has 0 aliphatic carbocycles. The van der Waals surface area contributed by atoms with Gasteiger partial charge in [-0.2, -0.15) is 0 Å². The van der Waals surface area contributed by atoms with Gasteiger partial charge in [0, 0.05) is 18.7 Å². The highest BCUT2D eigenvalue weighted by atomic mass is 32.2. The number of nitrogens with one attached hydrogen (secondary N) is 1. The number of carbonyl (C=O) groups is 1. The van der Waals surface area contributed by atoms with E-state index in [-0.39, 0.29) is 24.6 Å². The Bertz CT molecular complexity index is 183. The fraction of sp³-hybridized carbons (Fsp3) is 0.875. The van der Waals surface area contributed by atoms with Crippen molar-refractivity contribution in [1.82, 2.24) is 10.2 Å². The van der Waals surface area contributed by atoms with Gasteiger partial charge < -0.3 is 10.0 Å². The first-order valence-electron chi connectivity index (χ1n) is 4.35. The lowest BCUT2D eigenvalue weighted by Gasteiger charge is -2.25. The molecule has 0 bridgehead atoms. The summed E-state index contributed by atoms with van der Waals surface area (Å²) in [6, 6.07) is -0.163. The largest absolute Gasteiger partial charge is 0.394 e. The minimum Gasteiger partial charge on any atom is -0.394 e. The SMILES string of the molecule is CC(CO)N(C)C(=O)C1CSCN1. The van der Waals surface area contributed by atoms with Gasteiger partial charge in [-0.25, -0.2) is 0 Å². The molecule has 1 fully saturated rings. The second kappa shape index (κ2) is 4.83. The highest BCUT2D eigenvalue weighted by Gasteiger charge is 2.27. The van der Waals surface area contributed by atoms with Crippen LogP contribution in [0.1, 0.15) is 6.92 Å². The molecule has 2 N–H and O–H groups in total. The smallest absolute Gasteiger partial charge is 0.240 e. The van der Waals surface area contributed by atoms with Gasteiger partial charge >= 0.3 is 0 Å². The maximum atomic E-state index is 11.7. The van der Waals surface area contributed by atoms with E-state index >= 15 is 0 Å². The topological polar surface area (TPSA) is 52.6 Å². The molecule has 5 heteroatoms. The van der Waals surface area contributed by atoms with E-state index in [0.717, 1.165) is 11.6 Å². The molecule has 0 aromatic carbocycles. The molecule has 0 saturated carbocycles. The fourth-order valence-electron chi connectivity index (χ4n) is 1.14. The lowest BCUT2D eigenvalue weighted by atomic mass is 10.2. The van der Waals surface area contributed by atoms with Crippen LogP contribution in [0.5, 0.6) is 0 Å². The molecule has 2 unspecified atom stereocenters. The minimum atomic E-state index is -0.0973. The van der Waals surface area contributed by atoms with Crippen molar-refractivity contribution in [3.8, 4) is 0 Å². The van der Waals surface area contributed by atoms with Gasteiger partial charge in [0.05, 0.1) is 18.7 Å². The van der Waals surface area contributed by atoms with Crippen molar-refractivity contribution >= 4 is 17.7 Å². The van der Waals surface area contributed by atoms with E-state index in [1.165, 1.54) is 0 Å². The number of amides is 1. The number of thioether (sulfide) groups is 1. The van der Waals surface area contributed by atoms with Crippen molar-refractivity contribution in [1.29, 1.82) is 0 Å². The van der Waals surface area contributed by atoms with E-state index in [4.69, 9.17) is 5.11 Å². The van der Waals surface area contributed by atoms with Crippen molar-refractivity contribution in [3.63, 3.8) is 0 Å². The predicted octanol–water partition coefficient (Wildman–Crippen LogP) is -0.512. The van der Waals surface area contributed by atoms with Crippen molar-refractivity contribution in [2.24, 2.45) is 0 Å². The molecule has 0 aromatic rings. The molecule has 1 heterocycles. The number of carbonyl (C=O) groups excluding carboxylic acids is 1. The van der Waals surface area contributed by atoms with Gasteiger partial charge in [-0.1, -0.05) is 0 Å². The van der Waals surface area contributed by atoms with Crippen LogP contribution in [0, 0.1) is 0 Å². The van der Waals surface area contributed by atoms with E-state index in [1.807, 2.05) is 6.92 Å². The number of nitrogens with zero attached hydrogens (tertiary/aromatic N) is 1. The molecule has 1 aliphatic heterocycles. The summed E-state index contributed by atoms with van der Waals surface area (Å²) in [5, 5.41) is 12.0. The normalized spacial score (nSPS) is 24.4. The number of aliphatic hydroxyl groups excluding tert-OH is 1. The summed E-state index contributed by atoms with van der Waals surface area (Å²) in [7, 11) is 1.73. The highest BCUT2D eigenvalue weighted by Crippen LogP contribution is 2.12. The zero-order valence-corrected chi connectivity index (χ0v) is 8.80. The van der Waals surface area contributed by atoms with Crippen LogP contribution < -0.4 is 5.32 Å². The zero-order chi connectivity index (χ0) is 9.84. The van der Waals surface area contributed by atoms with Crippen LogP contribution in [0.2, 0.25) is 0 Å². The summed E-state index contributed by atoms with van der Waals surface area (Å²) in [6.07, 6.45) is 0. The summed E-state index contributed by atoms with van der Waals surface area (Å²) in [5.74, 6) is 1.76. The Kier molecular flexibility index (Phi) is 4.02. The third kappa shape index (κ3) is 2.59. The molecule has 0 spiro atoms. The van der Waals surface area contributed by atoms with Crippen LogP contribution in [0.4, 0.5) is 0 Å². The average Bonchev–Trinajstić information content (AvgIpc) is 2.67. The predicted molar refractivity (Wildman–Crippen MR) is 53.6 cm³/mol. The summed E-state index contributed by atoms with van der Waals surface area (Å²) in [6.45, 7) is 1.85. The monoisotopic (exact) mass is 204 g/mol. The van der Waals surface area contributed by atoms with Crippen molar-refractivity contribution in [2.45, 2.75) is 19.0 Å². The molecule has 76 valence electrons. The lowest BCUT2D eigenvalue weighted by Crippen LogP contribution is -2.47. The lowest BCUT2D eigenvalue weighted by molar-refractivity contribution is -0.133. The number of aliphatic hydroxyl groups is 1. The van der Waals surface area contributed by atoms with E-state index in [0.29, 0.717) is 0 Å². The summed E-state index contributed by atoms with van der Waals surface area (Å²) < 4.78 is 0. The third-order valence-electron chi connectivity index (χ3n) is 2.29. The summed E-state index contributed by atoms with van der Waals surface area (Å²) >= 11 is 1.73. The second-order valence-corrected chi connectivity index (χ2v) is 4.28. The standard InChI is InChI=1S/C8H16N2O2S/c1-6(3-11)10(2)8(12)7-4-13-5-9-7/h6-7,9,11H,3-5H2,1-2H3. The fourth-order valence-corrected chi connectivity index (χ4v) is 2.07. The van der Waals surface area contributed by atoms with Crippen LogP contribution in [-0.2, 0) is 4.79 Å². The van der Waals surface area contributed by atoms with Gasteiger partial charge in [0.25, 0.3) is 0 Å². The Balaban J connectivity index is 2.45. The molecule has 0 radical (unpaired) electrons. The van der Waals surface area contributed by atoms with E-state index in [1.54, 1.807) is 23.7 Å². The van der Waals surface area contributed by atoms with Crippen LogP contribution >= 0.6 is 11.8 Å². The first-order chi connectivity index (χ1) is 6.16. The molecular weight excluding hydrogens is 188 g/mol. The van der Waals surface area contributed by atoms with Crippen LogP contribution in [0.25, 0.3) is 0 Å². The number of hydrogen-bond acceptors (Lipinski definition) is 4. The number of likely N-dealkylation sites (N-methyl/N-ethyl adjacent to an activating group) is 1. The quantitative estimate of drug-likeness (QED) is 0.650. The Hall–Kier alpha value is -0.260. The molecular formula is C8H16N2O2S. The number of hydrogen-bond donors (Lipinski definition) is 2. The molecule has 2 atom stereocenters. The van der Waals surface area contributed by atoms with Crippen molar-refractivity contribution in [2.75, 3.05) is 25.3 Å². The average molecular weight is 204 g/mol. The van der Waals surface area contributed by atoms with Gasteiger partial charge in [-0.15, -0.1) is 11.8 Å². The Morgan fingerprint density at radius 2 is 2.54 bits per heavy atom. The molecule has 1 aliphatic rings. The molecule has 4 nitrogen and oxygen atoms in total. The molecule has 13 heavy (non-hydrogen) atoms. The van der Waals surface area contributed by atoms with E-state index < -0.39 is 0 Å². The molecule has 1 saturated heterocycles. The van der Waals surface area contributed by atoms with Crippen molar-refractivity contribution < 1.29 is 9.90 Å². The highest BCUT2D eigenvalue weighted by molar-refractivity contribution is 7.99. The summed E-state index contributed by atoms with van der Waals surface area (Å²) in [4.78, 5) is 13.3. The Morgan fingerprint density at radius 1 is 1.85 bits per heavy atom. The Labute approximate surface area is 82.7 Å². The van der Waals surface area contributed by atoms with Gasteiger partial charge in [0.15, 0.2) is 0 Å². The van der Waals surface area contributed by atoms with Gasteiger partial charge in [0.1, 0.15) is 0 Å². The molecule has 1 rings (SSSR count). The van der Waals surface area contributed by atoms with Gasteiger partial charge in [0.2, 0.25) is 5.91 Å². The van der Waals surface area contributed by atoms with E-state index in [2.05, 4.69) is 5.32 Å². The van der Waals surface area contributed by atoms with Crippen LogP contribution in [0.3, 0.4) is 0 Å². The molecule has 1 amide bonds. The van der Waals surface area contributed by atoms with E-state index in [9.17, 15) is 4.79 Å². The van der Waals surface area contributed by atoms with Crippen LogP contribution in [-0.4, -0.2) is 53.3 Å². The maximum Gasteiger partial charge on any atom is 0.240 e. The first-order valence-corrected chi connectivity index (χ1v) is 5.51. The van der Waals surface area contributed by atoms with Gasteiger partial charge in [-0.05, 0) is 6.92 Å². The van der Waals surface area contributed by atoms with Crippen LogP contribution in [0.15, 0.2) is 0 Å². The third-order valence-corrected chi connectivity index (χ3v) is 3.23. The zero-order valence-electron chi connectivity index (χ0n) is 7.99. The first kappa shape index (κ1) is 10.8. The minimum absolute atomic E-state index is 0.0160. The van der Waals surface area contributed by atoms with Gasteiger partial charge in [-0.3, -0.25) is 10.1 Å². The Morgan fingerprint density at radius 3 is 3.00 bits per heavy atom. The summed E-state index contributed by atoms with van der Waals surface area (Å²) in [5.41, 5.74) is 0.